The van der Waals surface area contributed by atoms with Gasteiger partial charge < -0.3 is 10.1 Å². The van der Waals surface area contributed by atoms with Crippen molar-refractivity contribution < 1.29 is 14.3 Å². The fourth-order valence-electron chi connectivity index (χ4n) is 3.36. The number of imide groups is 1. The predicted octanol–water partition coefficient (Wildman–Crippen LogP) is 5.51. The summed E-state index contributed by atoms with van der Waals surface area (Å²) in [6, 6.07) is 16.1. The summed E-state index contributed by atoms with van der Waals surface area (Å²) in [6.45, 7) is 4.26. The number of aryl methyl sites for hydroxylation is 1. The molecular formula is C23H19ClN2O3S. The number of nitrogens with one attached hydrogen (secondary N) is 1. The van der Waals surface area contributed by atoms with Crippen LogP contribution in [0.1, 0.15) is 17.4 Å². The molecule has 2 amide bonds. The molecule has 5 nitrogen and oxygen atoms in total. The van der Waals surface area contributed by atoms with Crippen molar-refractivity contribution in [3.63, 3.8) is 0 Å². The molecule has 1 N–H and O–H groups in total. The summed E-state index contributed by atoms with van der Waals surface area (Å²) in [6.07, 6.45) is 0. The summed E-state index contributed by atoms with van der Waals surface area (Å²) in [5.41, 5.74) is 2.52. The molecule has 1 aliphatic heterocycles. The van der Waals surface area contributed by atoms with E-state index in [-0.39, 0.29) is 11.6 Å². The van der Waals surface area contributed by atoms with E-state index in [1.807, 2.05) is 49.6 Å². The fourth-order valence-corrected chi connectivity index (χ4v) is 4.35. The molecular weight excluding hydrogens is 420 g/mol. The molecule has 0 bridgehead atoms. The maximum Gasteiger partial charge on any atom is 0.282 e. The Labute approximate surface area is 183 Å². The molecule has 0 spiro atoms. The van der Waals surface area contributed by atoms with Gasteiger partial charge in [0.2, 0.25) is 0 Å². The first-order valence-corrected chi connectivity index (χ1v) is 10.7. The van der Waals surface area contributed by atoms with Crippen LogP contribution in [0.15, 0.2) is 65.7 Å². The Morgan fingerprint density at radius 3 is 2.60 bits per heavy atom. The number of hydrogen-bond acceptors (Lipinski definition) is 5. The summed E-state index contributed by atoms with van der Waals surface area (Å²) in [5.74, 6) is -0.0880. The second-order valence-electron chi connectivity index (χ2n) is 6.69. The van der Waals surface area contributed by atoms with E-state index < -0.39 is 5.91 Å². The minimum absolute atomic E-state index is 0.241. The lowest BCUT2D eigenvalue weighted by atomic mass is 10.1. The second kappa shape index (κ2) is 8.34. The summed E-state index contributed by atoms with van der Waals surface area (Å²) in [7, 11) is 0. The van der Waals surface area contributed by atoms with Crippen molar-refractivity contribution in [1.82, 2.24) is 0 Å². The Kier molecular flexibility index (Phi) is 5.61. The normalized spacial score (nSPS) is 13.9. The molecule has 0 atom stereocenters. The number of nitrogens with zero attached hydrogens (tertiary/aromatic N) is 1. The van der Waals surface area contributed by atoms with Crippen LogP contribution in [0.3, 0.4) is 0 Å². The number of ether oxygens (including phenoxy) is 1. The van der Waals surface area contributed by atoms with Gasteiger partial charge in [0.05, 0.1) is 17.9 Å². The van der Waals surface area contributed by atoms with Gasteiger partial charge in [-0.25, -0.2) is 4.90 Å². The van der Waals surface area contributed by atoms with E-state index in [0.717, 1.165) is 10.4 Å². The van der Waals surface area contributed by atoms with Crippen LogP contribution in [-0.2, 0) is 9.59 Å². The van der Waals surface area contributed by atoms with Gasteiger partial charge >= 0.3 is 0 Å². The molecule has 2 aromatic carbocycles. The van der Waals surface area contributed by atoms with Crippen molar-refractivity contribution >= 4 is 51.7 Å². The highest BCUT2D eigenvalue weighted by atomic mass is 35.5. The number of hydrogen-bond donors (Lipinski definition) is 1. The molecule has 0 unspecified atom stereocenters. The average molecular weight is 439 g/mol. The minimum atomic E-state index is -0.407. The molecule has 0 saturated heterocycles. The number of rotatable bonds is 6. The van der Waals surface area contributed by atoms with Gasteiger partial charge in [0.1, 0.15) is 11.4 Å². The summed E-state index contributed by atoms with van der Waals surface area (Å²) < 4.78 is 5.55. The highest BCUT2D eigenvalue weighted by molar-refractivity contribution is 7.11. The van der Waals surface area contributed by atoms with Crippen LogP contribution in [0.25, 0.3) is 5.57 Å². The second-order valence-corrected chi connectivity index (χ2v) is 8.07. The molecule has 3 aromatic rings. The van der Waals surface area contributed by atoms with Crippen molar-refractivity contribution in [3.8, 4) is 5.75 Å². The van der Waals surface area contributed by atoms with Gasteiger partial charge in [-0.05, 0) is 61.2 Å². The number of anilines is 2. The number of amides is 2. The number of thiophene rings is 1. The van der Waals surface area contributed by atoms with Crippen molar-refractivity contribution in [2.45, 2.75) is 13.8 Å². The zero-order valence-corrected chi connectivity index (χ0v) is 18.0. The predicted molar refractivity (Wildman–Crippen MR) is 121 cm³/mol. The number of halogens is 1. The van der Waals surface area contributed by atoms with Crippen molar-refractivity contribution in [1.29, 1.82) is 0 Å². The van der Waals surface area contributed by atoms with Crippen LogP contribution in [0.2, 0.25) is 5.02 Å². The van der Waals surface area contributed by atoms with Gasteiger partial charge in [-0.2, -0.15) is 0 Å². The zero-order valence-electron chi connectivity index (χ0n) is 16.4. The number of benzene rings is 2. The average Bonchev–Trinajstić information content (AvgIpc) is 3.31. The molecule has 152 valence electrons. The third-order valence-electron chi connectivity index (χ3n) is 4.67. The highest BCUT2D eigenvalue weighted by Gasteiger charge is 2.41. The van der Waals surface area contributed by atoms with Gasteiger partial charge in [0.25, 0.3) is 11.8 Å². The Balaban J connectivity index is 1.78. The van der Waals surface area contributed by atoms with E-state index in [0.29, 0.717) is 34.3 Å². The Bertz CT molecular complexity index is 1160. The van der Waals surface area contributed by atoms with Crippen molar-refractivity contribution in [2.75, 3.05) is 16.8 Å². The van der Waals surface area contributed by atoms with Gasteiger partial charge in [0, 0.05) is 21.7 Å². The van der Waals surface area contributed by atoms with Gasteiger partial charge in [-0.3, -0.25) is 9.59 Å². The molecule has 0 fully saturated rings. The fraction of sp³-hybridized carbons (Fsp3) is 0.130. The molecule has 30 heavy (non-hydrogen) atoms. The summed E-state index contributed by atoms with van der Waals surface area (Å²) in [5, 5.41) is 5.58. The molecule has 2 heterocycles. The third-order valence-corrected chi connectivity index (χ3v) is 5.79. The standard InChI is InChI=1S/C23H19ClN2O3S/c1-3-29-17-7-4-6-16(13-17)25-21-20(19-8-5-11-30-19)22(27)26(23(21)28)18-10-9-15(24)12-14(18)2/h4-13,25H,3H2,1-2H3. The Morgan fingerprint density at radius 1 is 1.07 bits per heavy atom. The maximum absolute atomic E-state index is 13.4. The van der Waals surface area contributed by atoms with Gasteiger partial charge in [0.15, 0.2) is 0 Å². The molecule has 0 saturated carbocycles. The van der Waals surface area contributed by atoms with Gasteiger partial charge in [-0.1, -0.05) is 23.7 Å². The quantitative estimate of drug-likeness (QED) is 0.516. The maximum atomic E-state index is 13.4. The first kappa shape index (κ1) is 20.2. The molecule has 1 aromatic heterocycles. The van der Waals surface area contributed by atoms with E-state index in [1.54, 1.807) is 24.3 Å². The van der Waals surface area contributed by atoms with Gasteiger partial charge in [-0.15, -0.1) is 11.3 Å². The minimum Gasteiger partial charge on any atom is -0.494 e. The van der Waals surface area contributed by atoms with Crippen molar-refractivity contribution in [3.05, 3.63) is 81.1 Å². The first-order valence-electron chi connectivity index (χ1n) is 9.42. The summed E-state index contributed by atoms with van der Waals surface area (Å²) in [4.78, 5) is 28.7. The lowest BCUT2D eigenvalue weighted by molar-refractivity contribution is -0.120. The Hall–Kier alpha value is -3.09. The third kappa shape index (κ3) is 3.72. The lowest BCUT2D eigenvalue weighted by Gasteiger charge is -2.18. The molecule has 0 radical (unpaired) electrons. The van der Waals surface area contributed by atoms with E-state index in [9.17, 15) is 9.59 Å². The molecule has 0 aliphatic carbocycles. The van der Waals surface area contributed by atoms with Crippen LogP contribution in [0.5, 0.6) is 5.75 Å². The smallest absolute Gasteiger partial charge is 0.282 e. The van der Waals surface area contributed by atoms with Crippen molar-refractivity contribution in [2.24, 2.45) is 0 Å². The largest absolute Gasteiger partial charge is 0.494 e. The number of carbonyl (C=O) groups excluding carboxylic acids is 2. The monoisotopic (exact) mass is 438 g/mol. The van der Waals surface area contributed by atoms with Crippen LogP contribution >= 0.6 is 22.9 Å². The van der Waals surface area contributed by atoms with Crippen LogP contribution in [0.4, 0.5) is 11.4 Å². The highest BCUT2D eigenvalue weighted by Crippen LogP contribution is 2.37. The topological polar surface area (TPSA) is 58.6 Å². The van der Waals surface area contributed by atoms with Crippen LogP contribution in [0, 0.1) is 6.92 Å². The lowest BCUT2D eigenvalue weighted by Crippen LogP contribution is -2.32. The summed E-state index contributed by atoms with van der Waals surface area (Å²) >= 11 is 7.47. The van der Waals surface area contributed by atoms with Crippen LogP contribution < -0.4 is 15.0 Å². The molecule has 4 rings (SSSR count). The van der Waals surface area contributed by atoms with E-state index in [1.165, 1.54) is 16.2 Å². The number of carbonyl (C=O) groups is 2. The molecule has 7 heteroatoms. The first-order chi connectivity index (χ1) is 14.5. The Morgan fingerprint density at radius 2 is 1.90 bits per heavy atom. The SMILES string of the molecule is CCOc1cccc(NC2=C(c3cccs3)C(=O)N(c3ccc(Cl)cc3C)C2=O)c1. The van der Waals surface area contributed by atoms with E-state index in [2.05, 4.69) is 5.32 Å². The molecule has 1 aliphatic rings. The van der Waals surface area contributed by atoms with E-state index >= 15 is 0 Å². The van der Waals surface area contributed by atoms with E-state index in [4.69, 9.17) is 16.3 Å². The van der Waals surface area contributed by atoms with Crippen LogP contribution in [-0.4, -0.2) is 18.4 Å². The zero-order chi connectivity index (χ0) is 21.3.